The van der Waals surface area contributed by atoms with Crippen molar-refractivity contribution in [3.63, 3.8) is 0 Å². The van der Waals surface area contributed by atoms with E-state index in [9.17, 15) is 0 Å². The fraction of sp³-hybridized carbons (Fsp3) is 1.00. The summed E-state index contributed by atoms with van der Waals surface area (Å²) in [6, 6.07) is 0.766. The normalized spacial score (nSPS) is 18.2. The Morgan fingerprint density at radius 3 is 2.00 bits per heavy atom. The molecular formula is C14H30N2. The molecule has 0 bridgehead atoms. The first-order valence-electron chi connectivity index (χ1n) is 7.38. The molecule has 0 atom stereocenters. The molecule has 0 aromatic rings. The molecule has 0 unspecified atom stereocenters. The predicted octanol–water partition coefficient (Wildman–Crippen LogP) is 3.73. The van der Waals surface area contributed by atoms with Gasteiger partial charge in [0.2, 0.25) is 0 Å². The van der Waals surface area contributed by atoms with Crippen LogP contribution in [-0.2, 0) is 0 Å². The highest BCUT2D eigenvalue weighted by atomic mass is 15.5. The van der Waals surface area contributed by atoms with Crippen molar-refractivity contribution in [2.24, 2.45) is 0 Å². The average Bonchev–Trinajstić information content (AvgIpc) is 2.34. The van der Waals surface area contributed by atoms with Crippen molar-refractivity contribution in [3.05, 3.63) is 0 Å². The average molecular weight is 226 g/mol. The van der Waals surface area contributed by atoms with Crippen LogP contribution >= 0.6 is 0 Å². The van der Waals surface area contributed by atoms with E-state index in [0.29, 0.717) is 0 Å². The van der Waals surface area contributed by atoms with Gasteiger partial charge < -0.3 is 0 Å². The Bertz CT molecular complexity index is 145. The van der Waals surface area contributed by atoms with Crippen molar-refractivity contribution in [1.82, 2.24) is 10.4 Å². The Kier molecular flexibility index (Phi) is 7.87. The van der Waals surface area contributed by atoms with Crippen LogP contribution in [0, 0.1) is 0 Å². The minimum Gasteiger partial charge on any atom is -0.252 e. The number of hydrogen-bond donors (Lipinski definition) is 1. The zero-order chi connectivity index (χ0) is 11.6. The molecule has 0 saturated heterocycles. The molecule has 0 aliphatic heterocycles. The Labute approximate surface area is 102 Å². The lowest BCUT2D eigenvalue weighted by molar-refractivity contribution is 0.134. The lowest BCUT2D eigenvalue weighted by Crippen LogP contribution is -2.46. The quantitative estimate of drug-likeness (QED) is 0.634. The van der Waals surface area contributed by atoms with E-state index in [1.807, 2.05) is 0 Å². The Hall–Kier alpha value is -0.0800. The molecule has 1 aliphatic rings. The molecule has 0 spiro atoms. The lowest BCUT2D eigenvalue weighted by Gasteiger charge is -2.31. The fourth-order valence-corrected chi connectivity index (χ4v) is 2.43. The van der Waals surface area contributed by atoms with E-state index in [4.69, 9.17) is 0 Å². The van der Waals surface area contributed by atoms with Crippen LogP contribution in [0.4, 0.5) is 0 Å². The molecule has 96 valence electrons. The number of hydrogen-bond acceptors (Lipinski definition) is 2. The van der Waals surface area contributed by atoms with Gasteiger partial charge in [0.05, 0.1) is 0 Å². The van der Waals surface area contributed by atoms with E-state index >= 15 is 0 Å². The maximum atomic E-state index is 3.76. The zero-order valence-corrected chi connectivity index (χ0v) is 11.3. The van der Waals surface area contributed by atoms with Crippen molar-refractivity contribution in [2.45, 2.75) is 77.7 Å². The zero-order valence-electron chi connectivity index (χ0n) is 11.3. The van der Waals surface area contributed by atoms with Gasteiger partial charge in [0, 0.05) is 19.1 Å². The summed E-state index contributed by atoms with van der Waals surface area (Å²) in [6.45, 7) is 7.01. The number of nitrogens with one attached hydrogen (secondary N) is 1. The molecule has 0 radical (unpaired) electrons. The number of hydrazine groups is 1. The number of rotatable bonds is 8. The smallest absolute Gasteiger partial charge is 0.0215 e. The van der Waals surface area contributed by atoms with Crippen LogP contribution in [0.1, 0.15) is 71.6 Å². The summed E-state index contributed by atoms with van der Waals surface area (Å²) in [5.41, 5.74) is 3.76. The van der Waals surface area contributed by atoms with Crippen molar-refractivity contribution in [1.29, 1.82) is 0 Å². The maximum Gasteiger partial charge on any atom is 0.0215 e. The molecule has 1 N–H and O–H groups in total. The van der Waals surface area contributed by atoms with Crippen molar-refractivity contribution >= 4 is 0 Å². The standard InChI is InChI=1S/C14H30N2/c1-3-5-12-16(13-6-4-2)15-14-10-8-7-9-11-14/h14-15H,3-13H2,1-2H3. The van der Waals surface area contributed by atoms with Gasteiger partial charge in [-0.3, -0.25) is 5.43 Å². The van der Waals surface area contributed by atoms with E-state index in [0.717, 1.165) is 6.04 Å². The maximum absolute atomic E-state index is 3.76. The summed E-state index contributed by atoms with van der Waals surface area (Å²) >= 11 is 0. The Morgan fingerprint density at radius 2 is 1.50 bits per heavy atom. The van der Waals surface area contributed by atoms with Crippen LogP contribution in [0.3, 0.4) is 0 Å². The second-order valence-corrected chi connectivity index (χ2v) is 5.16. The third kappa shape index (κ3) is 5.86. The SMILES string of the molecule is CCCCN(CCCC)NC1CCCCC1. The van der Waals surface area contributed by atoms with Gasteiger partial charge in [0.25, 0.3) is 0 Å². The Morgan fingerprint density at radius 1 is 0.938 bits per heavy atom. The molecule has 1 aliphatic carbocycles. The second kappa shape index (κ2) is 9.00. The van der Waals surface area contributed by atoms with Gasteiger partial charge in [-0.1, -0.05) is 46.0 Å². The molecule has 1 saturated carbocycles. The minimum absolute atomic E-state index is 0.766. The molecule has 2 heteroatoms. The first-order valence-corrected chi connectivity index (χ1v) is 7.38. The van der Waals surface area contributed by atoms with E-state index in [-0.39, 0.29) is 0 Å². The third-order valence-electron chi connectivity index (χ3n) is 3.53. The van der Waals surface area contributed by atoms with Crippen LogP contribution in [0.15, 0.2) is 0 Å². The molecule has 16 heavy (non-hydrogen) atoms. The van der Waals surface area contributed by atoms with Crippen LogP contribution in [0.2, 0.25) is 0 Å². The van der Waals surface area contributed by atoms with Crippen molar-refractivity contribution in [2.75, 3.05) is 13.1 Å². The molecular weight excluding hydrogens is 196 g/mol. The minimum atomic E-state index is 0.766. The molecule has 0 aromatic carbocycles. The molecule has 0 heterocycles. The highest BCUT2D eigenvalue weighted by molar-refractivity contribution is 4.71. The summed E-state index contributed by atoms with van der Waals surface area (Å²) in [7, 11) is 0. The van der Waals surface area contributed by atoms with E-state index < -0.39 is 0 Å². The van der Waals surface area contributed by atoms with Crippen LogP contribution in [0.5, 0.6) is 0 Å². The fourth-order valence-electron chi connectivity index (χ4n) is 2.43. The highest BCUT2D eigenvalue weighted by Gasteiger charge is 2.15. The van der Waals surface area contributed by atoms with Gasteiger partial charge in [-0.25, -0.2) is 5.01 Å². The summed E-state index contributed by atoms with van der Waals surface area (Å²) in [5.74, 6) is 0. The van der Waals surface area contributed by atoms with Crippen LogP contribution < -0.4 is 5.43 Å². The summed E-state index contributed by atoms with van der Waals surface area (Å²) in [5, 5.41) is 2.49. The van der Waals surface area contributed by atoms with E-state index in [1.54, 1.807) is 0 Å². The van der Waals surface area contributed by atoms with Gasteiger partial charge in [-0.2, -0.15) is 0 Å². The van der Waals surface area contributed by atoms with Crippen molar-refractivity contribution in [3.8, 4) is 0 Å². The first kappa shape index (κ1) is 14.0. The topological polar surface area (TPSA) is 15.3 Å². The first-order chi connectivity index (χ1) is 7.86. The summed E-state index contributed by atoms with van der Waals surface area (Å²) in [4.78, 5) is 0. The van der Waals surface area contributed by atoms with Gasteiger partial charge >= 0.3 is 0 Å². The molecule has 1 rings (SSSR count). The van der Waals surface area contributed by atoms with Gasteiger partial charge in [-0.05, 0) is 25.7 Å². The van der Waals surface area contributed by atoms with E-state index in [1.165, 1.54) is 70.9 Å². The van der Waals surface area contributed by atoms with Gasteiger partial charge in [0.1, 0.15) is 0 Å². The molecule has 1 fully saturated rings. The molecule has 0 aromatic heterocycles. The molecule has 0 amide bonds. The number of unbranched alkanes of at least 4 members (excludes halogenated alkanes) is 2. The van der Waals surface area contributed by atoms with E-state index in [2.05, 4.69) is 24.3 Å². The lowest BCUT2D eigenvalue weighted by atomic mass is 9.96. The van der Waals surface area contributed by atoms with Crippen molar-refractivity contribution < 1.29 is 0 Å². The van der Waals surface area contributed by atoms with Gasteiger partial charge in [0.15, 0.2) is 0 Å². The van der Waals surface area contributed by atoms with Gasteiger partial charge in [-0.15, -0.1) is 0 Å². The monoisotopic (exact) mass is 226 g/mol. The molecule has 2 nitrogen and oxygen atoms in total. The number of nitrogens with zero attached hydrogens (tertiary/aromatic N) is 1. The predicted molar refractivity (Wildman–Crippen MR) is 71.4 cm³/mol. The highest BCUT2D eigenvalue weighted by Crippen LogP contribution is 2.17. The third-order valence-corrected chi connectivity index (χ3v) is 3.53. The largest absolute Gasteiger partial charge is 0.252 e. The van der Waals surface area contributed by atoms with Crippen LogP contribution in [0.25, 0.3) is 0 Å². The second-order valence-electron chi connectivity index (χ2n) is 5.16. The summed E-state index contributed by atoms with van der Waals surface area (Å²) in [6.07, 6.45) is 12.3. The van der Waals surface area contributed by atoms with Crippen LogP contribution in [-0.4, -0.2) is 24.1 Å². The Balaban J connectivity index is 2.23. The summed E-state index contributed by atoms with van der Waals surface area (Å²) < 4.78 is 0.